The molecule has 1 aromatic heterocycles. The second kappa shape index (κ2) is 7.52. The quantitative estimate of drug-likeness (QED) is 0.829. The highest BCUT2D eigenvalue weighted by Crippen LogP contribution is 2.25. The van der Waals surface area contributed by atoms with Crippen molar-refractivity contribution in [3.8, 4) is 11.6 Å². The summed E-state index contributed by atoms with van der Waals surface area (Å²) < 4.78 is 19.9. The van der Waals surface area contributed by atoms with E-state index >= 15 is 0 Å². The lowest BCUT2D eigenvalue weighted by molar-refractivity contribution is 0.424. The summed E-state index contributed by atoms with van der Waals surface area (Å²) in [6, 6.07) is 10.2. The Morgan fingerprint density at radius 1 is 1.29 bits per heavy atom. The first-order chi connectivity index (χ1) is 10.0. The van der Waals surface area contributed by atoms with E-state index in [0.29, 0.717) is 22.8 Å². The van der Waals surface area contributed by atoms with Crippen molar-refractivity contribution in [1.29, 1.82) is 0 Å². The largest absolute Gasteiger partial charge is 0.436 e. The Balaban J connectivity index is 2.03. The van der Waals surface area contributed by atoms with Crippen LogP contribution in [-0.4, -0.2) is 11.5 Å². The fourth-order valence-electron chi connectivity index (χ4n) is 1.77. The van der Waals surface area contributed by atoms with Gasteiger partial charge in [0.2, 0.25) is 5.88 Å². The Morgan fingerprint density at radius 2 is 2.10 bits per heavy atom. The molecule has 0 radical (unpaired) electrons. The average molecular weight is 353 g/mol. The van der Waals surface area contributed by atoms with Crippen LogP contribution in [0.3, 0.4) is 0 Å². The van der Waals surface area contributed by atoms with Crippen LogP contribution in [0.25, 0.3) is 0 Å². The molecule has 0 spiro atoms. The normalized spacial score (nSPS) is 10.9. The van der Waals surface area contributed by atoms with Gasteiger partial charge in [0.25, 0.3) is 0 Å². The number of nitrogens with one attached hydrogen (secondary N) is 1. The van der Waals surface area contributed by atoms with Gasteiger partial charge < -0.3 is 10.1 Å². The molecular weight excluding hydrogens is 335 g/mol. The van der Waals surface area contributed by atoms with Gasteiger partial charge in [0.05, 0.1) is 5.69 Å². The molecule has 5 heteroatoms. The Kier molecular flexibility index (Phi) is 5.70. The van der Waals surface area contributed by atoms with E-state index in [-0.39, 0.29) is 5.75 Å². The van der Waals surface area contributed by atoms with Crippen LogP contribution in [0.15, 0.2) is 40.9 Å². The van der Waals surface area contributed by atoms with E-state index < -0.39 is 5.82 Å². The first-order valence-corrected chi connectivity index (χ1v) is 7.63. The molecule has 0 aliphatic heterocycles. The molecule has 0 bridgehead atoms. The molecule has 0 saturated carbocycles. The van der Waals surface area contributed by atoms with E-state index in [1.165, 1.54) is 6.07 Å². The topological polar surface area (TPSA) is 34.1 Å². The van der Waals surface area contributed by atoms with Crippen molar-refractivity contribution in [2.24, 2.45) is 5.92 Å². The lowest BCUT2D eigenvalue weighted by atomic mass is 10.2. The van der Waals surface area contributed by atoms with Gasteiger partial charge in [-0.15, -0.1) is 0 Å². The number of halogens is 2. The molecule has 0 fully saturated rings. The molecule has 2 rings (SSSR count). The van der Waals surface area contributed by atoms with Crippen molar-refractivity contribution in [1.82, 2.24) is 10.3 Å². The van der Waals surface area contributed by atoms with Gasteiger partial charge in [-0.05, 0) is 36.7 Å². The van der Waals surface area contributed by atoms with Gasteiger partial charge in [0, 0.05) is 17.1 Å². The van der Waals surface area contributed by atoms with Crippen LogP contribution in [0.2, 0.25) is 0 Å². The molecule has 3 nitrogen and oxygen atoms in total. The van der Waals surface area contributed by atoms with E-state index in [1.807, 2.05) is 12.1 Å². The number of aromatic nitrogens is 1. The maximum atomic E-state index is 13.7. The molecule has 0 saturated heterocycles. The smallest absolute Gasteiger partial charge is 0.219 e. The lowest BCUT2D eigenvalue weighted by Gasteiger charge is -2.09. The van der Waals surface area contributed by atoms with Crippen LogP contribution in [0.4, 0.5) is 4.39 Å². The van der Waals surface area contributed by atoms with Crippen molar-refractivity contribution in [2.45, 2.75) is 20.4 Å². The van der Waals surface area contributed by atoms with Gasteiger partial charge in [-0.2, -0.15) is 0 Å². The van der Waals surface area contributed by atoms with E-state index in [4.69, 9.17) is 4.74 Å². The molecule has 1 N–H and O–H groups in total. The molecule has 0 aliphatic rings. The van der Waals surface area contributed by atoms with Crippen molar-refractivity contribution in [3.63, 3.8) is 0 Å². The molecule has 21 heavy (non-hydrogen) atoms. The molecule has 1 heterocycles. The number of hydrogen-bond acceptors (Lipinski definition) is 3. The Hall–Kier alpha value is -1.46. The van der Waals surface area contributed by atoms with Gasteiger partial charge in [-0.25, -0.2) is 9.37 Å². The first kappa shape index (κ1) is 15.9. The SMILES string of the molecule is CC(C)CNCc1cccc(Oc2ccc(Br)cc2F)n1. The fourth-order valence-corrected chi connectivity index (χ4v) is 2.11. The van der Waals surface area contributed by atoms with Crippen molar-refractivity contribution >= 4 is 15.9 Å². The summed E-state index contributed by atoms with van der Waals surface area (Å²) in [6.45, 7) is 5.89. The summed E-state index contributed by atoms with van der Waals surface area (Å²) in [6.07, 6.45) is 0. The van der Waals surface area contributed by atoms with Crippen LogP contribution < -0.4 is 10.1 Å². The molecule has 0 amide bonds. The lowest BCUT2D eigenvalue weighted by Crippen LogP contribution is -2.19. The number of rotatable bonds is 6. The summed E-state index contributed by atoms with van der Waals surface area (Å²) in [5.74, 6) is 0.717. The zero-order valence-electron chi connectivity index (χ0n) is 12.1. The van der Waals surface area contributed by atoms with Crippen LogP contribution in [-0.2, 0) is 6.54 Å². The second-order valence-electron chi connectivity index (χ2n) is 5.17. The van der Waals surface area contributed by atoms with Crippen LogP contribution in [0.5, 0.6) is 11.6 Å². The zero-order chi connectivity index (χ0) is 15.2. The maximum absolute atomic E-state index is 13.7. The number of ether oxygens (including phenoxy) is 1. The third kappa shape index (κ3) is 5.10. The van der Waals surface area contributed by atoms with E-state index in [0.717, 1.165) is 12.2 Å². The van der Waals surface area contributed by atoms with Gasteiger partial charge >= 0.3 is 0 Å². The van der Waals surface area contributed by atoms with Crippen LogP contribution >= 0.6 is 15.9 Å². The predicted octanol–water partition coefficient (Wildman–Crippen LogP) is 4.52. The second-order valence-corrected chi connectivity index (χ2v) is 6.08. The number of benzene rings is 1. The van der Waals surface area contributed by atoms with E-state index in [9.17, 15) is 4.39 Å². The monoisotopic (exact) mass is 352 g/mol. The van der Waals surface area contributed by atoms with Crippen molar-refractivity contribution < 1.29 is 9.13 Å². The number of nitrogens with zero attached hydrogens (tertiary/aromatic N) is 1. The first-order valence-electron chi connectivity index (χ1n) is 6.84. The molecule has 2 aromatic rings. The Morgan fingerprint density at radius 3 is 2.81 bits per heavy atom. The minimum Gasteiger partial charge on any atom is -0.436 e. The van der Waals surface area contributed by atoms with Gasteiger partial charge in [-0.1, -0.05) is 35.8 Å². The summed E-state index contributed by atoms with van der Waals surface area (Å²) in [4.78, 5) is 4.37. The standard InChI is InChI=1S/C16H18BrFN2O/c1-11(2)9-19-10-13-4-3-5-16(20-13)21-15-7-6-12(17)8-14(15)18/h3-8,11,19H,9-10H2,1-2H3. The average Bonchev–Trinajstić information content (AvgIpc) is 2.42. The molecule has 0 atom stereocenters. The summed E-state index contributed by atoms with van der Waals surface area (Å²) in [7, 11) is 0. The summed E-state index contributed by atoms with van der Waals surface area (Å²) >= 11 is 3.21. The molecule has 1 aromatic carbocycles. The van der Waals surface area contributed by atoms with Crippen LogP contribution in [0, 0.1) is 11.7 Å². The zero-order valence-corrected chi connectivity index (χ0v) is 13.7. The third-order valence-electron chi connectivity index (χ3n) is 2.75. The van der Waals surface area contributed by atoms with Crippen LogP contribution in [0.1, 0.15) is 19.5 Å². The van der Waals surface area contributed by atoms with Gasteiger partial charge in [-0.3, -0.25) is 0 Å². The van der Waals surface area contributed by atoms with E-state index in [1.54, 1.807) is 18.2 Å². The Bertz CT molecular complexity index is 605. The highest BCUT2D eigenvalue weighted by Gasteiger charge is 2.07. The minimum absolute atomic E-state index is 0.165. The predicted molar refractivity (Wildman–Crippen MR) is 85.0 cm³/mol. The van der Waals surface area contributed by atoms with Crippen molar-refractivity contribution in [3.05, 3.63) is 52.4 Å². The Labute approximate surface area is 132 Å². The van der Waals surface area contributed by atoms with E-state index in [2.05, 4.69) is 40.1 Å². The molecule has 0 aliphatic carbocycles. The molecule has 0 unspecified atom stereocenters. The molecular formula is C16H18BrFN2O. The minimum atomic E-state index is -0.422. The fraction of sp³-hybridized carbons (Fsp3) is 0.312. The number of hydrogen-bond donors (Lipinski definition) is 1. The molecule has 112 valence electrons. The number of pyridine rings is 1. The highest BCUT2D eigenvalue weighted by molar-refractivity contribution is 9.10. The highest BCUT2D eigenvalue weighted by atomic mass is 79.9. The van der Waals surface area contributed by atoms with Crippen molar-refractivity contribution in [2.75, 3.05) is 6.54 Å². The summed E-state index contributed by atoms with van der Waals surface area (Å²) in [5, 5.41) is 3.31. The van der Waals surface area contributed by atoms with Gasteiger partial charge in [0.15, 0.2) is 11.6 Å². The third-order valence-corrected chi connectivity index (χ3v) is 3.24. The summed E-state index contributed by atoms with van der Waals surface area (Å²) in [5.41, 5.74) is 0.866. The maximum Gasteiger partial charge on any atom is 0.219 e. The van der Waals surface area contributed by atoms with Gasteiger partial charge in [0.1, 0.15) is 0 Å².